The van der Waals surface area contributed by atoms with Crippen molar-refractivity contribution in [3.8, 4) is 0 Å². The van der Waals surface area contributed by atoms with Gasteiger partial charge in [0.05, 0.1) is 5.56 Å². The number of esters is 1. The molecule has 2 aromatic carbocycles. The first kappa shape index (κ1) is 21.2. The Balaban J connectivity index is 1.23. The Morgan fingerprint density at radius 1 is 0.875 bits per heavy atom. The first-order valence-corrected chi connectivity index (χ1v) is 11.7. The van der Waals surface area contributed by atoms with E-state index in [2.05, 4.69) is 5.32 Å². The fourth-order valence-electron chi connectivity index (χ4n) is 6.42. The molecule has 4 fully saturated rings. The van der Waals surface area contributed by atoms with Crippen molar-refractivity contribution in [1.82, 2.24) is 5.32 Å². The molecule has 166 valence electrons. The highest BCUT2D eigenvalue weighted by Crippen LogP contribution is 2.55. The van der Waals surface area contributed by atoms with Gasteiger partial charge in [-0.2, -0.15) is 0 Å². The van der Waals surface area contributed by atoms with Gasteiger partial charge in [-0.25, -0.2) is 4.79 Å². The van der Waals surface area contributed by atoms with Gasteiger partial charge < -0.3 is 10.1 Å². The highest BCUT2D eigenvalue weighted by atomic mass is 35.5. The van der Waals surface area contributed by atoms with E-state index >= 15 is 0 Å². The third kappa shape index (κ3) is 4.18. The molecule has 0 aromatic heterocycles. The van der Waals surface area contributed by atoms with Crippen LogP contribution in [0.1, 0.15) is 64.8 Å². The van der Waals surface area contributed by atoms with Crippen molar-refractivity contribution < 1.29 is 19.1 Å². The highest BCUT2D eigenvalue weighted by Gasteiger charge is 2.51. The van der Waals surface area contributed by atoms with Gasteiger partial charge in [0.15, 0.2) is 12.4 Å². The second-order valence-electron chi connectivity index (χ2n) is 9.70. The van der Waals surface area contributed by atoms with E-state index in [4.69, 9.17) is 16.3 Å². The van der Waals surface area contributed by atoms with Gasteiger partial charge in [-0.1, -0.05) is 29.8 Å². The third-order valence-corrected chi connectivity index (χ3v) is 7.53. The Morgan fingerprint density at radius 3 is 2.03 bits per heavy atom. The number of nitrogens with one attached hydrogen (secondary N) is 1. The molecule has 4 bridgehead atoms. The van der Waals surface area contributed by atoms with Crippen LogP contribution in [-0.4, -0.2) is 29.8 Å². The second kappa shape index (κ2) is 8.36. The Morgan fingerprint density at radius 2 is 1.44 bits per heavy atom. The number of hydrogen-bond acceptors (Lipinski definition) is 4. The van der Waals surface area contributed by atoms with Crippen molar-refractivity contribution in [2.75, 3.05) is 6.61 Å². The molecule has 1 N–H and O–H groups in total. The SMILES string of the molecule is O=C(COC(=O)c1ccccc1C(=O)c1ccc(Cl)cc1)NC12CC3CC(CC(C3)C1)C2. The van der Waals surface area contributed by atoms with Crippen LogP contribution in [0.3, 0.4) is 0 Å². The van der Waals surface area contributed by atoms with Gasteiger partial charge in [0.1, 0.15) is 0 Å². The van der Waals surface area contributed by atoms with Crippen LogP contribution < -0.4 is 5.32 Å². The molecule has 4 aliphatic rings. The number of ether oxygens (including phenoxy) is 1. The zero-order valence-corrected chi connectivity index (χ0v) is 18.6. The van der Waals surface area contributed by atoms with Crippen molar-refractivity contribution in [2.45, 2.75) is 44.1 Å². The number of carbonyl (C=O) groups excluding carboxylic acids is 3. The minimum Gasteiger partial charge on any atom is -0.452 e. The van der Waals surface area contributed by atoms with E-state index in [0.717, 1.165) is 37.0 Å². The number of halogens is 1. The quantitative estimate of drug-likeness (QED) is 0.505. The number of benzene rings is 2. The van der Waals surface area contributed by atoms with E-state index < -0.39 is 5.97 Å². The van der Waals surface area contributed by atoms with Crippen LogP contribution in [-0.2, 0) is 9.53 Å². The molecule has 6 heteroatoms. The minimum atomic E-state index is -0.677. The molecule has 0 saturated heterocycles. The number of hydrogen-bond donors (Lipinski definition) is 1. The van der Waals surface area contributed by atoms with Crippen molar-refractivity contribution in [3.05, 3.63) is 70.2 Å². The summed E-state index contributed by atoms with van der Waals surface area (Å²) in [4.78, 5) is 38.3. The van der Waals surface area contributed by atoms with E-state index in [1.165, 1.54) is 19.3 Å². The maximum Gasteiger partial charge on any atom is 0.339 e. The lowest BCUT2D eigenvalue weighted by atomic mass is 9.53. The number of carbonyl (C=O) groups is 3. The van der Waals surface area contributed by atoms with Crippen molar-refractivity contribution in [1.29, 1.82) is 0 Å². The molecule has 4 saturated carbocycles. The topological polar surface area (TPSA) is 72.5 Å². The molecule has 32 heavy (non-hydrogen) atoms. The number of amides is 1. The van der Waals surface area contributed by atoms with Crippen LogP contribution in [0.2, 0.25) is 5.02 Å². The van der Waals surface area contributed by atoms with E-state index in [1.807, 2.05) is 0 Å². The summed E-state index contributed by atoms with van der Waals surface area (Å²) in [6.45, 7) is -0.343. The summed E-state index contributed by atoms with van der Waals surface area (Å²) in [5.41, 5.74) is 0.686. The molecule has 0 aliphatic heterocycles. The van der Waals surface area contributed by atoms with Crippen molar-refractivity contribution in [2.24, 2.45) is 17.8 Å². The summed E-state index contributed by atoms with van der Waals surface area (Å²) < 4.78 is 5.33. The van der Waals surface area contributed by atoms with Gasteiger partial charge >= 0.3 is 5.97 Å². The average Bonchev–Trinajstić information content (AvgIpc) is 2.76. The lowest BCUT2D eigenvalue weighted by Crippen LogP contribution is -2.60. The summed E-state index contributed by atoms with van der Waals surface area (Å²) in [7, 11) is 0. The molecular weight excluding hydrogens is 426 g/mol. The second-order valence-corrected chi connectivity index (χ2v) is 10.1. The third-order valence-electron chi connectivity index (χ3n) is 7.28. The van der Waals surface area contributed by atoms with Crippen LogP contribution in [0, 0.1) is 17.8 Å². The van der Waals surface area contributed by atoms with Gasteiger partial charge in [0.25, 0.3) is 5.91 Å². The number of rotatable bonds is 6. The van der Waals surface area contributed by atoms with E-state index in [0.29, 0.717) is 10.6 Å². The summed E-state index contributed by atoms with van der Waals surface area (Å²) in [5, 5.41) is 3.73. The van der Waals surface area contributed by atoms with Gasteiger partial charge in [-0.05, 0) is 86.6 Å². The maximum absolute atomic E-state index is 12.9. The fourth-order valence-corrected chi connectivity index (χ4v) is 6.55. The highest BCUT2D eigenvalue weighted by molar-refractivity contribution is 6.30. The predicted octanol–water partition coefficient (Wildman–Crippen LogP) is 4.81. The normalized spacial score (nSPS) is 27.7. The Kier molecular flexibility index (Phi) is 5.54. The van der Waals surface area contributed by atoms with Crippen LogP contribution in [0.25, 0.3) is 0 Å². The standard InChI is InChI=1S/C26H26ClNO4/c27-20-7-5-19(6-8-20)24(30)21-3-1-2-4-22(21)25(31)32-15-23(29)28-26-12-16-9-17(13-26)11-18(10-16)14-26/h1-8,16-18H,9-15H2,(H,28,29). The summed E-state index contributed by atoms with van der Waals surface area (Å²) >= 11 is 5.90. The maximum atomic E-state index is 12.9. The predicted molar refractivity (Wildman–Crippen MR) is 121 cm³/mol. The largest absolute Gasteiger partial charge is 0.452 e. The van der Waals surface area contributed by atoms with Gasteiger partial charge in [-0.15, -0.1) is 0 Å². The zero-order chi connectivity index (χ0) is 22.3. The molecule has 0 atom stereocenters. The van der Waals surface area contributed by atoms with Gasteiger partial charge in [0.2, 0.25) is 0 Å². The Labute approximate surface area is 192 Å². The summed E-state index contributed by atoms with van der Waals surface area (Å²) in [6.07, 6.45) is 7.00. The van der Waals surface area contributed by atoms with Crippen molar-refractivity contribution in [3.63, 3.8) is 0 Å². The van der Waals surface area contributed by atoms with E-state index in [-0.39, 0.29) is 35.0 Å². The average molecular weight is 452 g/mol. The molecule has 0 radical (unpaired) electrons. The first-order chi connectivity index (χ1) is 15.4. The molecule has 5 nitrogen and oxygen atoms in total. The zero-order valence-electron chi connectivity index (χ0n) is 17.8. The monoisotopic (exact) mass is 451 g/mol. The van der Waals surface area contributed by atoms with Crippen molar-refractivity contribution >= 4 is 29.3 Å². The van der Waals surface area contributed by atoms with Gasteiger partial charge in [0, 0.05) is 21.7 Å². The molecule has 4 aliphatic carbocycles. The van der Waals surface area contributed by atoms with E-state index in [9.17, 15) is 14.4 Å². The number of ketones is 1. The van der Waals surface area contributed by atoms with E-state index in [1.54, 1.807) is 48.5 Å². The molecule has 2 aromatic rings. The molecule has 6 rings (SSSR count). The molecule has 1 amide bonds. The smallest absolute Gasteiger partial charge is 0.339 e. The minimum absolute atomic E-state index is 0.124. The molecule has 0 spiro atoms. The Hall–Kier alpha value is -2.66. The van der Waals surface area contributed by atoms with Crippen LogP contribution >= 0.6 is 11.6 Å². The molecular formula is C26H26ClNO4. The fraction of sp³-hybridized carbons (Fsp3) is 0.423. The summed E-state index contributed by atoms with van der Waals surface area (Å²) in [5.74, 6) is 0.914. The lowest BCUT2D eigenvalue weighted by Gasteiger charge is -2.56. The molecule has 0 heterocycles. The van der Waals surface area contributed by atoms with Crippen LogP contribution in [0.5, 0.6) is 0 Å². The molecule has 0 unspecified atom stereocenters. The summed E-state index contributed by atoms with van der Waals surface area (Å²) in [6, 6.07) is 13.0. The lowest BCUT2D eigenvalue weighted by molar-refractivity contribution is -0.130. The van der Waals surface area contributed by atoms with Crippen LogP contribution in [0.15, 0.2) is 48.5 Å². The Bertz CT molecular complexity index is 1030. The van der Waals surface area contributed by atoms with Crippen LogP contribution in [0.4, 0.5) is 0 Å². The first-order valence-electron chi connectivity index (χ1n) is 11.3. The van der Waals surface area contributed by atoms with Gasteiger partial charge in [-0.3, -0.25) is 9.59 Å².